The average Bonchev–Trinajstić information content (AvgIpc) is 2.53. The first-order chi connectivity index (χ1) is 11.2. The molecule has 0 radical (unpaired) electrons. The molecule has 1 heterocycles. The Balaban J connectivity index is 2.28. The van der Waals surface area contributed by atoms with Crippen molar-refractivity contribution in [1.29, 1.82) is 5.26 Å². The zero-order valence-electron chi connectivity index (χ0n) is 12.4. The molecular formula is C17H13BrF3N3. The molecule has 24 heavy (non-hydrogen) atoms. The van der Waals surface area contributed by atoms with E-state index in [1.165, 1.54) is 18.2 Å². The molecule has 0 aliphatic carbocycles. The van der Waals surface area contributed by atoms with Crippen LogP contribution in [0.4, 0.5) is 13.2 Å². The highest BCUT2D eigenvalue weighted by Gasteiger charge is 2.61. The zero-order chi connectivity index (χ0) is 17.6. The highest BCUT2D eigenvalue weighted by molar-refractivity contribution is 9.10. The Labute approximate surface area is 145 Å². The second kappa shape index (κ2) is 5.59. The predicted molar refractivity (Wildman–Crippen MR) is 86.6 cm³/mol. The number of nitrogens with one attached hydrogen (secondary N) is 1. The van der Waals surface area contributed by atoms with Gasteiger partial charge in [0.25, 0.3) is 0 Å². The molecule has 0 aromatic heterocycles. The van der Waals surface area contributed by atoms with Crippen LogP contribution < -0.4 is 11.1 Å². The van der Waals surface area contributed by atoms with Crippen molar-refractivity contribution in [2.75, 3.05) is 0 Å². The molecule has 1 aliphatic rings. The van der Waals surface area contributed by atoms with E-state index in [1.54, 1.807) is 36.4 Å². The molecule has 2 unspecified atom stereocenters. The smallest absolute Gasteiger partial charge is 0.297 e. The van der Waals surface area contributed by atoms with E-state index in [0.29, 0.717) is 15.6 Å². The van der Waals surface area contributed by atoms with Crippen LogP contribution in [-0.2, 0) is 17.6 Å². The summed E-state index contributed by atoms with van der Waals surface area (Å²) >= 11 is 3.21. The summed E-state index contributed by atoms with van der Waals surface area (Å²) in [5, 5.41) is 11.9. The molecule has 3 N–H and O–H groups in total. The van der Waals surface area contributed by atoms with Gasteiger partial charge in [-0.15, -0.1) is 0 Å². The molecule has 0 bridgehead atoms. The molecule has 2 aromatic rings. The molecular weight excluding hydrogens is 383 g/mol. The molecule has 124 valence electrons. The fourth-order valence-corrected chi connectivity index (χ4v) is 3.54. The molecule has 2 aromatic carbocycles. The molecule has 0 spiro atoms. The van der Waals surface area contributed by atoms with Crippen LogP contribution in [0.1, 0.15) is 16.7 Å². The maximum Gasteiger partial charge on any atom is 0.411 e. The number of fused-ring (bicyclic) bond motifs is 1. The fraction of sp³-hybridized carbons (Fsp3) is 0.235. The van der Waals surface area contributed by atoms with Crippen molar-refractivity contribution in [1.82, 2.24) is 5.32 Å². The quantitative estimate of drug-likeness (QED) is 0.773. The summed E-state index contributed by atoms with van der Waals surface area (Å²) in [6, 6.07) is 14.2. The van der Waals surface area contributed by atoms with E-state index in [-0.39, 0.29) is 12.0 Å². The van der Waals surface area contributed by atoms with Gasteiger partial charge in [0, 0.05) is 16.5 Å². The zero-order valence-corrected chi connectivity index (χ0v) is 13.9. The number of benzene rings is 2. The van der Waals surface area contributed by atoms with Crippen LogP contribution in [0.15, 0.2) is 53.0 Å². The fourth-order valence-electron chi connectivity index (χ4n) is 3.14. The number of halogens is 4. The molecule has 0 saturated carbocycles. The summed E-state index contributed by atoms with van der Waals surface area (Å²) in [7, 11) is 0. The maximum absolute atomic E-state index is 14.1. The minimum Gasteiger partial charge on any atom is -0.297 e. The van der Waals surface area contributed by atoms with Gasteiger partial charge in [-0.1, -0.05) is 52.3 Å². The van der Waals surface area contributed by atoms with Crippen molar-refractivity contribution >= 4 is 15.9 Å². The van der Waals surface area contributed by atoms with E-state index in [2.05, 4.69) is 21.2 Å². The van der Waals surface area contributed by atoms with E-state index in [9.17, 15) is 18.4 Å². The summed E-state index contributed by atoms with van der Waals surface area (Å²) in [4.78, 5) is 0. The van der Waals surface area contributed by atoms with Gasteiger partial charge in [-0.25, -0.2) is 0 Å². The Bertz CT molecular complexity index is 830. The van der Waals surface area contributed by atoms with Gasteiger partial charge in [-0.2, -0.15) is 18.4 Å². The Morgan fingerprint density at radius 2 is 1.88 bits per heavy atom. The largest absolute Gasteiger partial charge is 0.411 e. The van der Waals surface area contributed by atoms with Crippen LogP contribution in [0.3, 0.4) is 0 Å². The Morgan fingerprint density at radius 1 is 1.17 bits per heavy atom. The molecule has 7 heteroatoms. The van der Waals surface area contributed by atoms with E-state index < -0.39 is 17.4 Å². The Morgan fingerprint density at radius 3 is 2.50 bits per heavy atom. The van der Waals surface area contributed by atoms with Crippen LogP contribution >= 0.6 is 15.9 Å². The van der Waals surface area contributed by atoms with Crippen molar-refractivity contribution in [3.63, 3.8) is 0 Å². The summed E-state index contributed by atoms with van der Waals surface area (Å²) in [6.07, 6.45) is -4.99. The van der Waals surface area contributed by atoms with Gasteiger partial charge in [-0.05, 0) is 23.3 Å². The van der Waals surface area contributed by atoms with Gasteiger partial charge in [0.05, 0.1) is 0 Å². The standard InChI is InChI=1S/C17H13BrF3N3/c18-13-6-3-5-12(8-13)15(17(19,20)21)9-11-4-1-2-7-14(11)16(23,10-22)24-15/h1-8,24H,9,23H2. The third-order valence-electron chi connectivity index (χ3n) is 4.29. The van der Waals surface area contributed by atoms with Crippen molar-refractivity contribution in [3.8, 4) is 6.07 Å². The first-order valence-corrected chi connectivity index (χ1v) is 7.92. The van der Waals surface area contributed by atoms with Gasteiger partial charge >= 0.3 is 6.18 Å². The van der Waals surface area contributed by atoms with Gasteiger partial charge < -0.3 is 0 Å². The molecule has 2 atom stereocenters. The van der Waals surface area contributed by atoms with Crippen LogP contribution in [0, 0.1) is 11.3 Å². The topological polar surface area (TPSA) is 61.8 Å². The van der Waals surface area contributed by atoms with E-state index in [0.717, 1.165) is 0 Å². The van der Waals surface area contributed by atoms with Crippen molar-refractivity contribution in [3.05, 3.63) is 69.7 Å². The molecule has 0 saturated heterocycles. The number of nitriles is 1. The first kappa shape index (κ1) is 17.0. The lowest BCUT2D eigenvalue weighted by Crippen LogP contribution is -2.68. The second-order valence-electron chi connectivity index (χ2n) is 5.79. The lowest BCUT2D eigenvalue weighted by molar-refractivity contribution is -0.208. The molecule has 3 nitrogen and oxygen atoms in total. The summed E-state index contributed by atoms with van der Waals surface area (Å²) in [5.41, 5.74) is 2.41. The van der Waals surface area contributed by atoms with Gasteiger partial charge in [-0.3, -0.25) is 11.1 Å². The van der Waals surface area contributed by atoms with E-state index >= 15 is 0 Å². The number of hydrogen-bond donors (Lipinski definition) is 2. The van der Waals surface area contributed by atoms with Gasteiger partial charge in [0.15, 0.2) is 5.66 Å². The SMILES string of the molecule is N#CC1(N)NC(c2cccc(Br)c2)(C(F)(F)F)Cc2ccccc21. The number of nitrogens with two attached hydrogens (primary N) is 1. The molecule has 1 aliphatic heterocycles. The second-order valence-corrected chi connectivity index (χ2v) is 6.71. The number of hydrogen-bond acceptors (Lipinski definition) is 3. The number of nitrogens with zero attached hydrogens (tertiary/aromatic N) is 1. The lowest BCUT2D eigenvalue weighted by Gasteiger charge is -2.46. The Hall–Kier alpha value is -1.88. The van der Waals surface area contributed by atoms with Gasteiger partial charge in [0.2, 0.25) is 0 Å². The third-order valence-corrected chi connectivity index (χ3v) is 4.78. The van der Waals surface area contributed by atoms with E-state index in [1.807, 2.05) is 0 Å². The highest BCUT2D eigenvalue weighted by Crippen LogP contribution is 2.47. The van der Waals surface area contributed by atoms with Crippen LogP contribution in [0.25, 0.3) is 0 Å². The van der Waals surface area contributed by atoms with E-state index in [4.69, 9.17) is 5.73 Å². The van der Waals surface area contributed by atoms with Crippen molar-refractivity contribution in [2.45, 2.75) is 23.8 Å². The van der Waals surface area contributed by atoms with Crippen molar-refractivity contribution in [2.24, 2.45) is 5.73 Å². The van der Waals surface area contributed by atoms with Crippen molar-refractivity contribution < 1.29 is 13.2 Å². The summed E-state index contributed by atoms with van der Waals surface area (Å²) < 4.78 is 43.0. The first-order valence-electron chi connectivity index (χ1n) is 7.12. The molecule has 3 rings (SSSR count). The summed E-state index contributed by atoms with van der Waals surface area (Å²) in [5.74, 6) is 0. The predicted octanol–water partition coefficient (Wildman–Crippen LogP) is 3.69. The molecule has 0 amide bonds. The van der Waals surface area contributed by atoms with Crippen LogP contribution in [-0.4, -0.2) is 6.18 Å². The van der Waals surface area contributed by atoms with Crippen LogP contribution in [0.2, 0.25) is 0 Å². The summed E-state index contributed by atoms with van der Waals surface area (Å²) in [6.45, 7) is 0. The average molecular weight is 396 g/mol. The monoisotopic (exact) mass is 395 g/mol. The molecule has 0 fully saturated rings. The minimum atomic E-state index is -4.65. The minimum absolute atomic E-state index is 0.00366. The number of alkyl halides is 3. The van der Waals surface area contributed by atoms with Crippen LogP contribution in [0.5, 0.6) is 0 Å². The third kappa shape index (κ3) is 2.51. The number of rotatable bonds is 1. The maximum atomic E-state index is 14.1. The Kier molecular flexibility index (Phi) is 3.95. The van der Waals surface area contributed by atoms with Gasteiger partial charge in [0.1, 0.15) is 11.6 Å². The highest BCUT2D eigenvalue weighted by atomic mass is 79.9. The normalized spacial score (nSPS) is 26.5. The lowest BCUT2D eigenvalue weighted by atomic mass is 9.75.